The van der Waals surface area contributed by atoms with Crippen molar-refractivity contribution < 1.29 is 52.8 Å². The van der Waals surface area contributed by atoms with Crippen molar-refractivity contribution in [2.45, 2.75) is 0 Å². The second kappa shape index (κ2) is 8.05. The molecule has 122 valence electrons. The van der Waals surface area contributed by atoms with Gasteiger partial charge in [0.05, 0.1) is 17.0 Å². The van der Waals surface area contributed by atoms with Crippen LogP contribution < -0.4 is 29.6 Å². The first-order valence-electron chi connectivity index (χ1n) is 6.71. The molecule has 2 heterocycles. The van der Waals surface area contributed by atoms with Crippen molar-refractivity contribution in [3.05, 3.63) is 59.7 Å². The van der Waals surface area contributed by atoms with Gasteiger partial charge >= 0.3 is 29.6 Å². The molecule has 2 aromatic carbocycles. The van der Waals surface area contributed by atoms with Gasteiger partial charge in [0, 0.05) is 11.1 Å². The number of aromatic nitrogens is 1. The number of benzene rings is 2. The van der Waals surface area contributed by atoms with Crippen LogP contribution >= 0.6 is 0 Å². The van der Waals surface area contributed by atoms with Gasteiger partial charge in [-0.15, -0.1) is 6.07 Å². The van der Waals surface area contributed by atoms with E-state index in [2.05, 4.69) is 16.0 Å². The first-order chi connectivity index (χ1) is 11.5. The Morgan fingerprint density at radius 2 is 1.92 bits per heavy atom. The van der Waals surface area contributed by atoms with Crippen molar-refractivity contribution in [1.29, 1.82) is 0 Å². The molecule has 7 nitrogen and oxygen atoms in total. The molecule has 9 heteroatoms. The number of Topliss-reactive ketones (excluding diaryl/α,β-unsaturated/α-hetero) is 1. The summed E-state index contributed by atoms with van der Waals surface area (Å²) in [4.78, 5) is 19.6. The van der Waals surface area contributed by atoms with Crippen LogP contribution in [0.1, 0.15) is 15.9 Å². The third-order valence-electron chi connectivity index (χ3n) is 3.46. The minimum atomic E-state index is -2.86. The molecule has 0 aliphatic carbocycles. The smallest absolute Gasteiger partial charge is 0.750 e. The average molecular weight is 365 g/mol. The van der Waals surface area contributed by atoms with Crippen LogP contribution in [0.4, 0.5) is 5.69 Å². The maximum atomic E-state index is 12.4. The average Bonchev–Trinajstić information content (AvgIpc) is 3.03. The Kier molecular flexibility index (Phi) is 6.28. The van der Waals surface area contributed by atoms with Gasteiger partial charge in [-0.25, -0.2) is 9.20 Å². The Morgan fingerprint density at radius 1 is 1.24 bits per heavy atom. The molecule has 0 bridgehead atoms. The number of fused-ring (bicyclic) bond motifs is 2. The molecule has 0 fully saturated rings. The van der Waals surface area contributed by atoms with Crippen LogP contribution in [0.3, 0.4) is 0 Å². The number of hydrogen-bond donors (Lipinski definition) is 3. The number of carbonyl (C=O) groups excluding carboxylic acids is 1. The largest absolute Gasteiger partial charge is 1.00 e. The molecule has 1 aromatic heterocycles. The number of para-hydroxylation sites is 1. The number of H-pyrrole nitrogens is 1. The van der Waals surface area contributed by atoms with E-state index in [1.165, 1.54) is 0 Å². The summed E-state index contributed by atoms with van der Waals surface area (Å²) in [6, 6.07) is 15.4. The van der Waals surface area contributed by atoms with Crippen LogP contribution in [0.2, 0.25) is 0 Å². The van der Waals surface area contributed by atoms with Gasteiger partial charge in [-0.1, -0.05) is 23.0 Å². The van der Waals surface area contributed by atoms with E-state index in [4.69, 9.17) is 13.3 Å². The third-order valence-corrected chi connectivity index (χ3v) is 3.46. The first kappa shape index (κ1) is 19.5. The summed E-state index contributed by atoms with van der Waals surface area (Å²) in [5.41, 5.74) is 2.67. The standard InChI is InChI=1S/C16H9N2O2.Na.H2O3S/c19-15-10-6-2-4-8-12(10)17-14(15)13-9-5-1-3-7-11(9)18-16(13)20;;1-4(2)3/h2-8,18,20H;;(H2,1,2,3)/q-1;+1;/p-1. The predicted octanol–water partition coefficient (Wildman–Crippen LogP) is -0.667. The van der Waals surface area contributed by atoms with E-state index in [0.717, 1.165) is 10.9 Å². The fourth-order valence-electron chi connectivity index (χ4n) is 2.53. The second-order valence-corrected chi connectivity index (χ2v) is 5.28. The molecule has 1 aliphatic heterocycles. The third kappa shape index (κ3) is 3.90. The van der Waals surface area contributed by atoms with Crippen LogP contribution in [0.15, 0.2) is 47.5 Å². The summed E-state index contributed by atoms with van der Waals surface area (Å²) >= 11 is -2.86. The molecule has 4 rings (SSSR count). The summed E-state index contributed by atoms with van der Waals surface area (Å²) in [5.74, 6) is -0.208. The number of nitrogens with zero attached hydrogens (tertiary/aromatic N) is 1. The Hall–Kier alpha value is -1.81. The Morgan fingerprint density at radius 3 is 2.60 bits per heavy atom. The van der Waals surface area contributed by atoms with Gasteiger partial charge in [0.2, 0.25) is 5.78 Å². The SMILES string of the molecule is O=C1C(c2c(O)[nH]c3cc[c-]cc23)=Nc2ccccc21.O=S([O-])O.[Na+]. The van der Waals surface area contributed by atoms with Crippen LogP contribution in [0, 0.1) is 6.07 Å². The van der Waals surface area contributed by atoms with E-state index in [1.807, 2.05) is 6.07 Å². The second-order valence-electron chi connectivity index (χ2n) is 4.84. The molecular weight excluding hydrogens is 355 g/mol. The minimum Gasteiger partial charge on any atom is -0.750 e. The van der Waals surface area contributed by atoms with Gasteiger partial charge in [0.25, 0.3) is 0 Å². The van der Waals surface area contributed by atoms with Crippen molar-refractivity contribution >= 4 is 39.4 Å². The zero-order valence-corrected chi connectivity index (χ0v) is 15.8. The fraction of sp³-hybridized carbons (Fsp3) is 0. The zero-order valence-electron chi connectivity index (χ0n) is 13.0. The number of aromatic hydroxyl groups is 1. The number of carbonyl (C=O) groups is 1. The quantitative estimate of drug-likeness (QED) is 0.300. The normalized spacial score (nSPS) is 13.4. The van der Waals surface area contributed by atoms with E-state index in [1.54, 1.807) is 36.4 Å². The van der Waals surface area contributed by atoms with E-state index in [9.17, 15) is 9.90 Å². The molecule has 1 aliphatic rings. The molecule has 25 heavy (non-hydrogen) atoms. The molecule has 0 saturated heterocycles. The monoisotopic (exact) mass is 365 g/mol. The van der Waals surface area contributed by atoms with Gasteiger partial charge in [-0.05, 0) is 12.1 Å². The molecule has 3 N–H and O–H groups in total. The molecular formula is C16H10N2NaO5S-. The van der Waals surface area contributed by atoms with E-state index < -0.39 is 11.4 Å². The van der Waals surface area contributed by atoms with Crippen molar-refractivity contribution in [3.8, 4) is 5.88 Å². The summed E-state index contributed by atoms with van der Waals surface area (Å²) in [6.07, 6.45) is 0. The number of aliphatic imine (C=N–C) groups is 1. The summed E-state index contributed by atoms with van der Waals surface area (Å²) < 4.78 is 24.1. The van der Waals surface area contributed by atoms with E-state index >= 15 is 0 Å². The number of aromatic amines is 1. The maximum Gasteiger partial charge on any atom is 1.00 e. The summed E-state index contributed by atoms with van der Waals surface area (Å²) in [6.45, 7) is 0. The van der Waals surface area contributed by atoms with Crippen molar-refractivity contribution in [3.63, 3.8) is 0 Å². The van der Waals surface area contributed by atoms with Crippen LogP contribution in [-0.2, 0) is 11.4 Å². The summed E-state index contributed by atoms with van der Waals surface area (Å²) in [7, 11) is 0. The van der Waals surface area contributed by atoms with Crippen molar-refractivity contribution in [2.24, 2.45) is 4.99 Å². The predicted molar refractivity (Wildman–Crippen MR) is 87.3 cm³/mol. The number of hydrogen-bond acceptors (Lipinski definition) is 5. The minimum absolute atomic E-state index is 0. The molecule has 0 spiro atoms. The molecule has 3 aromatic rings. The topological polar surface area (TPSA) is 126 Å². The molecule has 1 atom stereocenters. The number of ketones is 1. The van der Waals surface area contributed by atoms with Crippen LogP contribution in [0.5, 0.6) is 5.88 Å². The Labute approximate surface area is 167 Å². The first-order valence-corrected chi connectivity index (χ1v) is 7.74. The zero-order chi connectivity index (χ0) is 17.3. The number of nitrogens with one attached hydrogen (secondary N) is 1. The maximum absolute atomic E-state index is 12.4. The summed E-state index contributed by atoms with van der Waals surface area (Å²) in [5, 5.41) is 10.8. The Bertz CT molecular complexity index is 995. The Balaban J connectivity index is 0.000000411. The van der Waals surface area contributed by atoms with Gasteiger partial charge < -0.3 is 19.2 Å². The van der Waals surface area contributed by atoms with Gasteiger partial charge in [-0.3, -0.25) is 4.79 Å². The number of rotatable bonds is 1. The fourth-order valence-corrected chi connectivity index (χ4v) is 2.53. The van der Waals surface area contributed by atoms with Crippen molar-refractivity contribution in [1.82, 2.24) is 4.98 Å². The van der Waals surface area contributed by atoms with Crippen LogP contribution in [-0.4, -0.2) is 34.9 Å². The molecule has 1 unspecified atom stereocenters. The molecule has 0 radical (unpaired) electrons. The van der Waals surface area contributed by atoms with Gasteiger partial charge in [-0.2, -0.15) is 18.2 Å². The van der Waals surface area contributed by atoms with E-state index in [0.29, 0.717) is 16.8 Å². The van der Waals surface area contributed by atoms with E-state index in [-0.39, 0.29) is 46.9 Å². The van der Waals surface area contributed by atoms with Crippen molar-refractivity contribution in [2.75, 3.05) is 0 Å². The molecule has 0 saturated carbocycles. The molecule has 0 amide bonds. The van der Waals surface area contributed by atoms with Gasteiger partial charge in [0.1, 0.15) is 5.71 Å². The van der Waals surface area contributed by atoms with Gasteiger partial charge in [0.15, 0.2) is 5.88 Å². The van der Waals surface area contributed by atoms with Crippen LogP contribution in [0.25, 0.3) is 10.9 Å².